The van der Waals surface area contributed by atoms with Gasteiger partial charge in [0, 0.05) is 0 Å². The van der Waals surface area contributed by atoms with E-state index in [9.17, 15) is 9.59 Å². The minimum Gasteiger partial charge on any atom is -0.479 e. The summed E-state index contributed by atoms with van der Waals surface area (Å²) in [6.07, 6.45) is 0.631. The zero-order chi connectivity index (χ0) is 10.1. The summed E-state index contributed by atoms with van der Waals surface area (Å²) in [5.74, 6) is -1.21. The monoisotopic (exact) mass is 444 g/mol. The number of carboxylic acid groups (broad SMARTS) is 2. The van der Waals surface area contributed by atoms with E-state index in [0.29, 0.717) is 6.42 Å². The van der Waals surface area contributed by atoms with Crippen molar-refractivity contribution in [3.63, 3.8) is 0 Å². The largest absolute Gasteiger partial charge is 0.479 e. The van der Waals surface area contributed by atoms with Crippen molar-refractivity contribution in [2.45, 2.75) is 31.7 Å². The van der Waals surface area contributed by atoms with Crippen LogP contribution in [0.15, 0.2) is 0 Å². The first-order chi connectivity index (χ1) is 5.99. The number of carbonyl (C=O) groups is 2. The van der Waals surface area contributed by atoms with Crippen LogP contribution < -0.4 is 5.32 Å². The minimum atomic E-state index is -1.27. The third-order valence-electron chi connectivity index (χ3n) is 2.76. The Hall–Kier alpha value is -2.26. The van der Waals surface area contributed by atoms with E-state index in [0.717, 1.165) is 12.8 Å². The number of carboxylic acids is 1. The van der Waals surface area contributed by atoms with Crippen LogP contribution in [0.3, 0.4) is 0 Å². The summed E-state index contributed by atoms with van der Waals surface area (Å²) in [7, 11) is 0. The first kappa shape index (κ1) is 11.7. The van der Waals surface area contributed by atoms with E-state index in [4.69, 9.17) is 10.2 Å². The maximum absolute atomic E-state index is 10.9. The third kappa shape index (κ3) is 1.57. The second kappa shape index (κ2) is 3.64. The zero-order valence-electron chi connectivity index (χ0n) is 7.70. The molecule has 3 N–H and O–H groups in total. The molecular formula is C8H13FmNO4. The molecule has 0 bridgehead atoms. The first-order valence-electron chi connectivity index (χ1n) is 4.23. The Morgan fingerprint density at radius 1 is 1.43 bits per heavy atom. The van der Waals surface area contributed by atoms with E-state index in [-0.39, 0.29) is 5.92 Å². The van der Waals surface area contributed by atoms with Crippen molar-refractivity contribution < 1.29 is 19.8 Å². The van der Waals surface area contributed by atoms with Crippen molar-refractivity contribution in [1.29, 1.82) is 0 Å². The second-order valence-corrected chi connectivity index (χ2v) is 3.50. The molecule has 86 valence electrons. The van der Waals surface area contributed by atoms with Crippen molar-refractivity contribution in [2.24, 2.45) is 5.92 Å². The Labute approximate surface area is 75.7 Å². The third-order valence-corrected chi connectivity index (χ3v) is 2.76. The average Bonchev–Trinajstić information content (AvgIpc) is 2.32. The van der Waals surface area contributed by atoms with Crippen LogP contribution in [-0.2, 0) is 4.79 Å². The fourth-order valence-corrected chi connectivity index (χ4v) is 1.93. The van der Waals surface area contributed by atoms with Gasteiger partial charge < -0.3 is 15.5 Å². The Morgan fingerprint density at radius 3 is 2.29 bits per heavy atom. The van der Waals surface area contributed by atoms with Gasteiger partial charge in [0.2, 0.25) is 0 Å². The second-order valence-electron chi connectivity index (χ2n) is 3.50. The maximum atomic E-state index is 10.9. The van der Waals surface area contributed by atoms with E-state index >= 15 is 0 Å². The summed E-state index contributed by atoms with van der Waals surface area (Å²) in [5, 5.41) is 19.6. The molecular weight excluding hydrogens is 431 g/mol. The van der Waals surface area contributed by atoms with Gasteiger partial charge in [0.05, 0.1) is 0 Å². The number of aliphatic carboxylic acids is 1. The van der Waals surface area contributed by atoms with Crippen LogP contribution in [0.4, 0.5) is 4.79 Å². The first-order valence-corrected chi connectivity index (χ1v) is 4.23. The van der Waals surface area contributed by atoms with Gasteiger partial charge in [0.25, 0.3) is 0 Å². The predicted octanol–water partition coefficient (Wildman–Crippen LogP) is 0.897. The van der Waals surface area contributed by atoms with E-state index in [1.165, 1.54) is 0 Å². The average molecular weight is 444 g/mol. The summed E-state index contributed by atoms with van der Waals surface area (Å²) >= 11 is 0. The fraction of sp³-hybridized carbons (Fsp3) is 0.750. The molecule has 6 heteroatoms. The van der Waals surface area contributed by atoms with Crippen LogP contribution in [-0.4, -0.2) is 27.8 Å². The molecule has 0 saturated heterocycles. The molecule has 1 rings (SSSR count). The van der Waals surface area contributed by atoms with E-state index < -0.39 is 17.6 Å². The Bertz CT molecular complexity index is 245. The standard InChI is InChI=1S/C8H13NO4.Fm/c1-5-3-2-4-8(5,6(10)11)9-7(12)13;/h5,9H,2-4H2,1H3,(H,10,11)(H,12,13);/t5-,8-;/m1./s1. The van der Waals surface area contributed by atoms with Gasteiger partial charge in [0.1, 0.15) is 5.54 Å². The number of hydrogen-bond acceptors (Lipinski definition) is 2. The van der Waals surface area contributed by atoms with Gasteiger partial charge in [-0.1, -0.05) is 13.3 Å². The molecule has 1 fully saturated rings. The van der Waals surface area contributed by atoms with Gasteiger partial charge in [-0.3, -0.25) is 0 Å². The molecule has 0 radical (unpaired) electrons. The molecule has 1 saturated carbocycles. The fourth-order valence-electron chi connectivity index (χ4n) is 1.93. The van der Waals surface area contributed by atoms with Crippen LogP contribution in [0.2, 0.25) is 0 Å². The van der Waals surface area contributed by atoms with Crippen LogP contribution in [0, 0.1) is 5.92 Å². The summed E-state index contributed by atoms with van der Waals surface area (Å²) in [5.41, 5.74) is -1.26. The van der Waals surface area contributed by atoms with Crippen molar-refractivity contribution in [2.75, 3.05) is 0 Å². The van der Waals surface area contributed by atoms with Crippen molar-refractivity contribution in [3.05, 3.63) is 0 Å². The smallest absolute Gasteiger partial charge is 0.405 e. The van der Waals surface area contributed by atoms with Crippen LogP contribution in [0.25, 0.3) is 0 Å². The van der Waals surface area contributed by atoms with Crippen molar-refractivity contribution in [1.82, 2.24) is 5.32 Å². The molecule has 1 aliphatic carbocycles. The molecule has 0 aliphatic heterocycles. The molecule has 2 atom stereocenters. The van der Waals surface area contributed by atoms with E-state index in [1.807, 2.05) is 0 Å². The number of nitrogens with one attached hydrogen (secondary N) is 1. The molecule has 0 spiro atoms. The molecule has 5 nitrogen and oxygen atoms in total. The summed E-state index contributed by atoms with van der Waals surface area (Å²) in [4.78, 5) is 21.4. The molecule has 14 heavy (non-hydrogen) atoms. The quantitative estimate of drug-likeness (QED) is 0.591. The van der Waals surface area contributed by atoms with Gasteiger partial charge in [-0.2, -0.15) is 0 Å². The molecule has 0 heterocycles. The molecule has 0 aromatic rings. The molecule has 0 unspecified atom stereocenters. The van der Waals surface area contributed by atoms with Crippen molar-refractivity contribution >= 4 is 12.1 Å². The van der Waals surface area contributed by atoms with Crippen LogP contribution in [0.5, 0.6) is 0 Å². The molecule has 0 aromatic heterocycles. The van der Waals surface area contributed by atoms with E-state index in [1.54, 1.807) is 6.92 Å². The van der Waals surface area contributed by atoms with Gasteiger partial charge in [-0.05, 0) is 18.8 Å². The number of rotatable bonds is 2. The Kier molecular flexibility index (Phi) is 3.05. The van der Waals surface area contributed by atoms with Gasteiger partial charge in [-0.15, -0.1) is 0 Å². The normalized spacial score (nSPS) is 30.5. The predicted molar refractivity (Wildman–Crippen MR) is 44.5 cm³/mol. The van der Waals surface area contributed by atoms with E-state index in [2.05, 4.69) is 5.32 Å². The van der Waals surface area contributed by atoms with Gasteiger partial charge >= 0.3 is 12.1 Å². The maximum Gasteiger partial charge on any atom is 0.405 e. The summed E-state index contributed by atoms with van der Waals surface area (Å²) in [6.45, 7) is 1.76. The Morgan fingerprint density at radius 2 is 2.00 bits per heavy atom. The minimum absolute atomic E-state index is 0. The molecule has 1 aliphatic rings. The zero-order valence-corrected chi connectivity index (χ0v) is 10.1. The topological polar surface area (TPSA) is 86.6 Å². The number of hydrogen-bond donors (Lipinski definition) is 3. The SMILES string of the molecule is C[C@@H]1CCC[C@]1(NC(=O)O)C(=O)O.[Fm]. The van der Waals surface area contributed by atoms with Crippen LogP contribution >= 0.6 is 0 Å². The molecule has 1 amide bonds. The van der Waals surface area contributed by atoms with Crippen LogP contribution in [0.1, 0.15) is 26.2 Å². The van der Waals surface area contributed by atoms with Crippen molar-refractivity contribution in [3.8, 4) is 0 Å². The Balaban J connectivity index is 0.00000169. The summed E-state index contributed by atoms with van der Waals surface area (Å²) < 4.78 is 0. The summed E-state index contributed by atoms with van der Waals surface area (Å²) in [6, 6.07) is 0. The van der Waals surface area contributed by atoms with Gasteiger partial charge in [0.15, 0.2) is 0 Å². The van der Waals surface area contributed by atoms with Gasteiger partial charge in [-0.25, -0.2) is 9.59 Å². The molecule has 0 aromatic carbocycles. The number of amides is 1.